The van der Waals surface area contributed by atoms with Gasteiger partial charge in [0.2, 0.25) is 11.2 Å². The number of nitrogens with one attached hydrogen (secondary N) is 1. The summed E-state index contributed by atoms with van der Waals surface area (Å²) in [6.07, 6.45) is -3.00. The number of hydrogen-bond acceptors (Lipinski definition) is 6. The quantitative estimate of drug-likeness (QED) is 0.485. The lowest BCUT2D eigenvalue weighted by atomic mass is 9.99. The average Bonchev–Trinajstić information content (AvgIpc) is 2.82. The highest BCUT2D eigenvalue weighted by atomic mass is 19.4. The van der Waals surface area contributed by atoms with Crippen molar-refractivity contribution in [3.05, 3.63) is 63.5 Å². The van der Waals surface area contributed by atoms with Crippen molar-refractivity contribution in [2.75, 3.05) is 19.7 Å². The van der Waals surface area contributed by atoms with Crippen molar-refractivity contribution in [1.29, 1.82) is 0 Å². The summed E-state index contributed by atoms with van der Waals surface area (Å²) < 4.78 is 57.6. The van der Waals surface area contributed by atoms with Crippen molar-refractivity contribution in [3.8, 4) is 17.2 Å². The first-order chi connectivity index (χ1) is 17.1. The molecule has 0 bridgehead atoms. The third-order valence-electron chi connectivity index (χ3n) is 6.23. The lowest BCUT2D eigenvalue weighted by Crippen LogP contribution is -3.12. The number of alkyl halides is 3. The normalized spacial score (nSPS) is 18.2. The summed E-state index contributed by atoms with van der Waals surface area (Å²) in [5.74, 6) is -3.09. The monoisotopic (exact) mass is 506 g/mol. The summed E-state index contributed by atoms with van der Waals surface area (Å²) in [6.45, 7) is 5.75. The average molecular weight is 506 g/mol. The van der Waals surface area contributed by atoms with Crippen molar-refractivity contribution in [2.24, 2.45) is 5.92 Å². The Balaban J connectivity index is 1.77. The maximum atomic E-state index is 14.0. The van der Waals surface area contributed by atoms with Crippen LogP contribution in [0.3, 0.4) is 0 Å². The molecule has 36 heavy (non-hydrogen) atoms. The molecule has 7 nitrogen and oxygen atoms in total. The van der Waals surface area contributed by atoms with Crippen LogP contribution in [0.5, 0.6) is 17.2 Å². The number of aromatic hydroxyl groups is 1. The minimum Gasteiger partial charge on any atom is -0.507 e. The number of likely N-dealkylation sites (tertiary alicyclic amines) is 1. The van der Waals surface area contributed by atoms with Gasteiger partial charge in [-0.05, 0) is 56.2 Å². The molecule has 2 heterocycles. The first kappa shape index (κ1) is 25.6. The zero-order valence-corrected chi connectivity index (χ0v) is 19.9. The molecule has 4 rings (SSSR count). The molecule has 2 atom stereocenters. The van der Waals surface area contributed by atoms with E-state index in [9.17, 15) is 27.9 Å². The number of carbonyl (C=O) groups is 1. The summed E-state index contributed by atoms with van der Waals surface area (Å²) in [5.41, 5.74) is -0.977. The summed E-state index contributed by atoms with van der Waals surface area (Å²) in [7, 11) is 0. The molecular formula is C26H27F3NO6+. The summed E-state index contributed by atoms with van der Waals surface area (Å²) in [5, 5.41) is 10.4. The highest BCUT2D eigenvalue weighted by molar-refractivity contribution is 5.89. The minimum atomic E-state index is -5.04. The molecule has 0 spiro atoms. The van der Waals surface area contributed by atoms with E-state index in [2.05, 4.69) is 6.92 Å². The molecule has 1 saturated heterocycles. The second kappa shape index (κ2) is 10.2. The van der Waals surface area contributed by atoms with Gasteiger partial charge in [-0.15, -0.1) is 0 Å². The number of phenolic OH excluding ortho intramolecular Hbond substituents is 1. The molecule has 2 aromatic carbocycles. The van der Waals surface area contributed by atoms with E-state index < -0.39 is 29.1 Å². The number of benzene rings is 2. The molecule has 1 unspecified atom stereocenters. The first-order valence-corrected chi connectivity index (χ1v) is 11.8. The molecule has 1 aliphatic rings. The maximum Gasteiger partial charge on any atom is 0.453 e. The molecule has 0 saturated carbocycles. The van der Waals surface area contributed by atoms with Crippen molar-refractivity contribution < 1.29 is 41.9 Å². The van der Waals surface area contributed by atoms with Crippen molar-refractivity contribution >= 4 is 16.9 Å². The Bertz CT molecular complexity index is 1320. The van der Waals surface area contributed by atoms with Gasteiger partial charge in [0.25, 0.3) is 5.76 Å². The van der Waals surface area contributed by atoms with Crippen LogP contribution in [0.4, 0.5) is 13.2 Å². The Kier molecular flexibility index (Phi) is 7.26. The topological polar surface area (TPSA) is 90.4 Å². The minimum absolute atomic E-state index is 0.0917. The van der Waals surface area contributed by atoms with Crippen LogP contribution in [0.2, 0.25) is 0 Å². The maximum absolute atomic E-state index is 14.0. The molecule has 0 amide bonds. The molecule has 0 radical (unpaired) electrons. The van der Waals surface area contributed by atoms with Gasteiger partial charge in [-0.1, -0.05) is 6.92 Å². The van der Waals surface area contributed by atoms with Gasteiger partial charge in [-0.3, -0.25) is 4.79 Å². The fourth-order valence-electron chi connectivity index (χ4n) is 4.54. The zero-order valence-electron chi connectivity index (χ0n) is 19.9. The lowest BCUT2D eigenvalue weighted by molar-refractivity contribution is -0.922. The van der Waals surface area contributed by atoms with Crippen LogP contribution in [-0.4, -0.2) is 30.8 Å². The lowest BCUT2D eigenvalue weighted by Gasteiger charge is -2.28. The first-order valence-electron chi connectivity index (χ1n) is 11.8. The van der Waals surface area contributed by atoms with Gasteiger partial charge in [0.1, 0.15) is 18.0 Å². The van der Waals surface area contributed by atoms with Crippen LogP contribution >= 0.6 is 0 Å². The SMILES string of the molecule is CCOC(=O)c1ccc(Oc2c(C(F)(F)F)oc3c(C[NH+]4CCC[C@@H](C)C4)c(O)ccc3c2=O)cc1. The van der Waals surface area contributed by atoms with E-state index in [0.29, 0.717) is 5.92 Å². The molecule has 0 aliphatic carbocycles. The van der Waals surface area contributed by atoms with E-state index in [1.165, 1.54) is 36.4 Å². The number of fused-ring (bicyclic) bond motifs is 1. The number of phenols is 1. The smallest absolute Gasteiger partial charge is 0.453 e. The van der Waals surface area contributed by atoms with Gasteiger partial charge in [0.15, 0.2) is 5.58 Å². The molecule has 1 fully saturated rings. The van der Waals surface area contributed by atoms with E-state index >= 15 is 0 Å². The Hall–Kier alpha value is -3.53. The highest BCUT2D eigenvalue weighted by Crippen LogP contribution is 2.39. The fourth-order valence-corrected chi connectivity index (χ4v) is 4.54. The predicted molar refractivity (Wildman–Crippen MR) is 124 cm³/mol. The Labute approximate surface area is 205 Å². The molecule has 192 valence electrons. The summed E-state index contributed by atoms with van der Waals surface area (Å²) >= 11 is 0. The van der Waals surface area contributed by atoms with Crippen molar-refractivity contribution in [2.45, 2.75) is 39.4 Å². The van der Waals surface area contributed by atoms with Gasteiger partial charge >= 0.3 is 12.1 Å². The molecule has 1 aliphatic heterocycles. The molecule has 1 aromatic heterocycles. The number of quaternary nitrogens is 1. The zero-order chi connectivity index (χ0) is 26.0. The third-order valence-corrected chi connectivity index (χ3v) is 6.23. The van der Waals surface area contributed by atoms with E-state index in [1.54, 1.807) is 6.92 Å². The van der Waals surface area contributed by atoms with Crippen molar-refractivity contribution in [1.82, 2.24) is 0 Å². The van der Waals surface area contributed by atoms with Crippen molar-refractivity contribution in [3.63, 3.8) is 0 Å². The largest absolute Gasteiger partial charge is 0.507 e. The van der Waals surface area contributed by atoms with Crippen LogP contribution in [0.15, 0.2) is 45.6 Å². The summed E-state index contributed by atoms with van der Waals surface area (Å²) in [4.78, 5) is 26.1. The number of halogens is 3. The third kappa shape index (κ3) is 5.33. The van der Waals surface area contributed by atoms with E-state index in [-0.39, 0.29) is 46.7 Å². The van der Waals surface area contributed by atoms with Crippen LogP contribution < -0.4 is 15.1 Å². The number of esters is 1. The molecule has 10 heteroatoms. The van der Waals surface area contributed by atoms with Crippen LogP contribution in [-0.2, 0) is 17.5 Å². The standard InChI is InChI=1S/C26H26F3NO6/c1-3-34-25(33)16-6-8-17(9-7-16)35-23-21(32)18-10-11-20(31)19(14-30-12-4-5-15(2)13-30)22(18)36-24(23)26(27,28)29/h6-11,15,31H,3-5,12-14H2,1-2H3/p+1/t15-/m1/s1. The number of rotatable bonds is 6. The van der Waals surface area contributed by atoms with Crippen LogP contribution in [0.1, 0.15) is 48.4 Å². The van der Waals surface area contributed by atoms with Crippen LogP contribution in [0.25, 0.3) is 11.0 Å². The van der Waals surface area contributed by atoms with Gasteiger partial charge in [0.05, 0.1) is 36.2 Å². The summed E-state index contributed by atoms with van der Waals surface area (Å²) in [6, 6.07) is 7.68. The molecular weight excluding hydrogens is 479 g/mol. The highest BCUT2D eigenvalue weighted by Gasteiger charge is 2.41. The number of ether oxygens (including phenoxy) is 2. The van der Waals surface area contributed by atoms with Gasteiger partial charge in [-0.2, -0.15) is 13.2 Å². The number of hydrogen-bond donors (Lipinski definition) is 2. The molecule has 2 N–H and O–H groups in total. The van der Waals surface area contributed by atoms with Gasteiger partial charge in [0, 0.05) is 5.92 Å². The Morgan fingerprint density at radius 1 is 1.19 bits per heavy atom. The fraction of sp³-hybridized carbons (Fsp3) is 0.385. The second-order valence-corrected chi connectivity index (χ2v) is 9.00. The second-order valence-electron chi connectivity index (χ2n) is 9.00. The van der Waals surface area contributed by atoms with Gasteiger partial charge < -0.3 is 23.9 Å². The van der Waals surface area contributed by atoms with Gasteiger partial charge in [-0.25, -0.2) is 4.79 Å². The van der Waals surface area contributed by atoms with E-state index in [1.807, 2.05) is 0 Å². The Morgan fingerprint density at radius 3 is 2.56 bits per heavy atom. The predicted octanol–water partition coefficient (Wildman–Crippen LogP) is 4.30. The number of carbonyl (C=O) groups excluding carboxylic acids is 1. The number of piperidine rings is 1. The van der Waals surface area contributed by atoms with E-state index in [0.717, 1.165) is 30.8 Å². The molecule has 3 aromatic rings. The van der Waals surface area contributed by atoms with E-state index in [4.69, 9.17) is 13.9 Å². The van der Waals surface area contributed by atoms with Crippen LogP contribution in [0, 0.1) is 5.92 Å². The Morgan fingerprint density at radius 2 is 1.92 bits per heavy atom.